The predicted molar refractivity (Wildman–Crippen MR) is 107 cm³/mol. The molecule has 4 rings (SSSR count). The van der Waals surface area contributed by atoms with E-state index in [0.29, 0.717) is 18.7 Å². The van der Waals surface area contributed by atoms with Gasteiger partial charge in [-0.15, -0.1) is 0 Å². The summed E-state index contributed by atoms with van der Waals surface area (Å²) in [6.07, 6.45) is 5.95. The lowest BCUT2D eigenvalue weighted by atomic mass is 9.71. The fourth-order valence-electron chi connectivity index (χ4n) is 4.62. The SMILES string of the molecule is Cc1cccc(C(=O)N[C@H]2CCC[C@]3(CCN(c4ncccc4C)C3=O)C2)n1. The molecule has 1 N–H and O–H groups in total. The van der Waals surface area contributed by atoms with Gasteiger partial charge in [0.25, 0.3) is 5.91 Å². The van der Waals surface area contributed by atoms with Crippen LogP contribution in [0.2, 0.25) is 0 Å². The summed E-state index contributed by atoms with van der Waals surface area (Å²) < 4.78 is 0. The monoisotopic (exact) mass is 378 g/mol. The van der Waals surface area contributed by atoms with Gasteiger partial charge in [0, 0.05) is 24.5 Å². The Kier molecular flexibility index (Phi) is 4.87. The van der Waals surface area contributed by atoms with Crippen LogP contribution in [0.15, 0.2) is 36.5 Å². The number of carbonyl (C=O) groups is 2. The Morgan fingerprint density at radius 2 is 2.07 bits per heavy atom. The average molecular weight is 378 g/mol. The molecule has 2 aromatic heterocycles. The molecule has 0 aromatic carbocycles. The first-order chi connectivity index (χ1) is 13.5. The van der Waals surface area contributed by atoms with E-state index in [4.69, 9.17) is 0 Å². The van der Waals surface area contributed by atoms with Crippen LogP contribution in [0.25, 0.3) is 0 Å². The molecular formula is C22H26N4O2. The number of hydrogen-bond acceptors (Lipinski definition) is 4. The molecule has 2 aromatic rings. The first-order valence-corrected chi connectivity index (χ1v) is 9.97. The van der Waals surface area contributed by atoms with Gasteiger partial charge < -0.3 is 5.32 Å². The van der Waals surface area contributed by atoms with Crippen molar-refractivity contribution in [2.45, 2.75) is 52.0 Å². The summed E-state index contributed by atoms with van der Waals surface area (Å²) in [5.74, 6) is 0.759. The number of rotatable bonds is 3. The van der Waals surface area contributed by atoms with E-state index in [9.17, 15) is 9.59 Å². The van der Waals surface area contributed by atoms with Crippen molar-refractivity contribution in [3.05, 3.63) is 53.5 Å². The maximum Gasteiger partial charge on any atom is 0.270 e. The normalized spacial score (nSPS) is 24.6. The lowest BCUT2D eigenvalue weighted by Gasteiger charge is -2.36. The summed E-state index contributed by atoms with van der Waals surface area (Å²) >= 11 is 0. The van der Waals surface area contributed by atoms with E-state index >= 15 is 0 Å². The summed E-state index contributed by atoms with van der Waals surface area (Å²) in [7, 11) is 0. The van der Waals surface area contributed by atoms with E-state index < -0.39 is 0 Å². The fraction of sp³-hybridized carbons (Fsp3) is 0.455. The topological polar surface area (TPSA) is 75.2 Å². The highest BCUT2D eigenvalue weighted by Crippen LogP contribution is 2.46. The highest BCUT2D eigenvalue weighted by atomic mass is 16.2. The second-order valence-electron chi connectivity index (χ2n) is 8.06. The number of hydrogen-bond donors (Lipinski definition) is 1. The Balaban J connectivity index is 1.48. The number of aromatic nitrogens is 2. The molecule has 0 unspecified atom stereocenters. The molecule has 1 saturated carbocycles. The molecule has 146 valence electrons. The molecule has 1 saturated heterocycles. The zero-order valence-electron chi connectivity index (χ0n) is 16.4. The van der Waals surface area contributed by atoms with Gasteiger partial charge in [0.1, 0.15) is 11.5 Å². The third-order valence-corrected chi connectivity index (χ3v) is 6.05. The lowest BCUT2D eigenvalue weighted by Crippen LogP contribution is -2.46. The van der Waals surface area contributed by atoms with E-state index in [1.807, 2.05) is 43.0 Å². The van der Waals surface area contributed by atoms with E-state index in [1.54, 1.807) is 12.3 Å². The molecule has 2 aliphatic rings. The molecule has 0 bridgehead atoms. The lowest BCUT2D eigenvalue weighted by molar-refractivity contribution is -0.127. The largest absolute Gasteiger partial charge is 0.348 e. The van der Waals surface area contributed by atoms with Crippen molar-refractivity contribution < 1.29 is 9.59 Å². The Morgan fingerprint density at radius 3 is 2.86 bits per heavy atom. The number of carbonyl (C=O) groups excluding carboxylic acids is 2. The van der Waals surface area contributed by atoms with Crippen LogP contribution in [0.3, 0.4) is 0 Å². The van der Waals surface area contributed by atoms with Crippen molar-refractivity contribution in [2.75, 3.05) is 11.4 Å². The number of nitrogens with zero attached hydrogens (tertiary/aromatic N) is 3. The van der Waals surface area contributed by atoms with E-state index in [-0.39, 0.29) is 23.3 Å². The van der Waals surface area contributed by atoms with Crippen LogP contribution < -0.4 is 10.2 Å². The molecule has 6 nitrogen and oxygen atoms in total. The molecule has 2 amide bonds. The summed E-state index contributed by atoms with van der Waals surface area (Å²) in [5.41, 5.74) is 1.88. The van der Waals surface area contributed by atoms with Gasteiger partial charge in [-0.05, 0) is 63.3 Å². The minimum atomic E-state index is -0.389. The summed E-state index contributed by atoms with van der Waals surface area (Å²) in [6, 6.07) is 9.32. The zero-order chi connectivity index (χ0) is 19.7. The van der Waals surface area contributed by atoms with Gasteiger partial charge >= 0.3 is 0 Å². The second-order valence-corrected chi connectivity index (χ2v) is 8.06. The smallest absolute Gasteiger partial charge is 0.270 e. The number of aryl methyl sites for hydroxylation is 2. The Labute approximate surface area is 165 Å². The Hall–Kier alpha value is -2.76. The van der Waals surface area contributed by atoms with Gasteiger partial charge in [-0.2, -0.15) is 0 Å². The molecule has 1 aliphatic carbocycles. The Bertz CT molecular complexity index is 913. The van der Waals surface area contributed by atoms with E-state index in [0.717, 1.165) is 42.8 Å². The van der Waals surface area contributed by atoms with Gasteiger partial charge in [-0.3, -0.25) is 14.5 Å². The highest BCUT2D eigenvalue weighted by Gasteiger charge is 2.50. The summed E-state index contributed by atoms with van der Waals surface area (Å²) in [6.45, 7) is 4.55. The minimum Gasteiger partial charge on any atom is -0.348 e. The highest BCUT2D eigenvalue weighted by molar-refractivity contribution is 6.00. The van der Waals surface area contributed by atoms with Crippen molar-refractivity contribution in [1.29, 1.82) is 0 Å². The Morgan fingerprint density at radius 1 is 1.21 bits per heavy atom. The number of amides is 2. The van der Waals surface area contributed by atoms with Crippen LogP contribution in [0, 0.1) is 19.3 Å². The van der Waals surface area contributed by atoms with Crippen molar-refractivity contribution in [2.24, 2.45) is 5.41 Å². The van der Waals surface area contributed by atoms with Crippen LogP contribution in [0.1, 0.15) is 53.8 Å². The first kappa shape index (κ1) is 18.6. The molecule has 3 heterocycles. The molecule has 2 fully saturated rings. The second kappa shape index (κ2) is 7.34. The number of anilines is 1. The standard InChI is InChI=1S/C22H26N4O2/c1-15-6-5-12-23-19(15)26-13-11-22(21(26)28)10-4-8-17(14-22)25-20(27)18-9-3-7-16(2)24-18/h3,5-7,9,12,17H,4,8,10-11,13-14H2,1-2H3,(H,25,27)/t17-,22-/m0/s1. The van der Waals surface area contributed by atoms with Gasteiger partial charge in [-0.1, -0.05) is 18.6 Å². The zero-order valence-corrected chi connectivity index (χ0v) is 16.4. The van der Waals surface area contributed by atoms with Crippen LogP contribution >= 0.6 is 0 Å². The van der Waals surface area contributed by atoms with Crippen molar-refractivity contribution in [1.82, 2.24) is 15.3 Å². The molecule has 1 aliphatic heterocycles. The third kappa shape index (κ3) is 3.39. The molecule has 28 heavy (non-hydrogen) atoms. The molecular weight excluding hydrogens is 352 g/mol. The summed E-state index contributed by atoms with van der Waals surface area (Å²) in [5, 5.41) is 3.11. The molecule has 0 radical (unpaired) electrons. The minimum absolute atomic E-state index is 0.00251. The molecule has 6 heteroatoms. The van der Waals surface area contributed by atoms with Gasteiger partial charge in [-0.25, -0.2) is 9.97 Å². The van der Waals surface area contributed by atoms with Gasteiger partial charge in [0.2, 0.25) is 5.91 Å². The van der Waals surface area contributed by atoms with Crippen molar-refractivity contribution in [3.63, 3.8) is 0 Å². The van der Waals surface area contributed by atoms with Gasteiger partial charge in [0.05, 0.1) is 5.41 Å². The maximum absolute atomic E-state index is 13.3. The van der Waals surface area contributed by atoms with Crippen LogP contribution in [-0.4, -0.2) is 34.4 Å². The number of nitrogens with one attached hydrogen (secondary N) is 1. The quantitative estimate of drug-likeness (QED) is 0.890. The van der Waals surface area contributed by atoms with Crippen molar-refractivity contribution in [3.8, 4) is 0 Å². The molecule has 2 atom stereocenters. The number of pyridine rings is 2. The molecule has 1 spiro atoms. The van der Waals surface area contributed by atoms with E-state index in [1.165, 1.54) is 0 Å². The van der Waals surface area contributed by atoms with Gasteiger partial charge in [0.15, 0.2) is 0 Å². The van der Waals surface area contributed by atoms with Crippen LogP contribution in [0.4, 0.5) is 5.82 Å². The van der Waals surface area contributed by atoms with E-state index in [2.05, 4.69) is 15.3 Å². The maximum atomic E-state index is 13.3. The first-order valence-electron chi connectivity index (χ1n) is 9.97. The van der Waals surface area contributed by atoms with Crippen LogP contribution in [-0.2, 0) is 4.79 Å². The summed E-state index contributed by atoms with van der Waals surface area (Å²) in [4.78, 5) is 36.5. The predicted octanol–water partition coefficient (Wildman–Crippen LogP) is 3.19. The van der Waals surface area contributed by atoms with Crippen molar-refractivity contribution >= 4 is 17.6 Å². The fourth-order valence-corrected chi connectivity index (χ4v) is 4.62. The third-order valence-electron chi connectivity index (χ3n) is 6.05. The van der Waals surface area contributed by atoms with Crippen LogP contribution in [0.5, 0.6) is 0 Å². The average Bonchev–Trinajstić information content (AvgIpc) is 2.98.